The van der Waals surface area contributed by atoms with Crippen LogP contribution in [0.25, 0.3) is 0 Å². The number of rotatable bonds is 7. The molecule has 1 aromatic carbocycles. The lowest BCUT2D eigenvalue weighted by Crippen LogP contribution is -2.26. The van der Waals surface area contributed by atoms with Crippen molar-refractivity contribution in [3.05, 3.63) is 22.2 Å². The zero-order valence-electron chi connectivity index (χ0n) is 11.4. The summed E-state index contributed by atoms with van der Waals surface area (Å²) >= 11 is 3.27. The van der Waals surface area contributed by atoms with Crippen LogP contribution in [0.4, 0.5) is 0 Å². The molecule has 5 heteroatoms. The van der Waals surface area contributed by atoms with E-state index in [0.717, 1.165) is 18.4 Å². The minimum absolute atomic E-state index is 0.0563. The average Bonchev–Trinajstić information content (AvgIpc) is 2.40. The van der Waals surface area contributed by atoms with Crippen molar-refractivity contribution in [1.29, 1.82) is 0 Å². The molecule has 0 spiro atoms. The third kappa shape index (κ3) is 4.37. The molecule has 2 atom stereocenters. The van der Waals surface area contributed by atoms with E-state index in [-0.39, 0.29) is 5.75 Å². The van der Waals surface area contributed by atoms with E-state index in [1.54, 1.807) is 12.1 Å². The van der Waals surface area contributed by atoms with Crippen LogP contribution in [0.15, 0.2) is 16.6 Å². The summed E-state index contributed by atoms with van der Waals surface area (Å²) in [6, 6.07) is 2.92. The first kappa shape index (κ1) is 16.3. The Bertz CT molecular complexity index is 412. The van der Waals surface area contributed by atoms with Crippen molar-refractivity contribution in [2.24, 2.45) is 5.73 Å². The highest BCUT2D eigenvalue weighted by Gasteiger charge is 2.19. The van der Waals surface area contributed by atoms with Gasteiger partial charge in [0.1, 0.15) is 0 Å². The second-order valence-electron chi connectivity index (χ2n) is 4.52. The molecule has 108 valence electrons. The number of phenolic OH excluding ortho intramolecular Hbond substituents is 1. The predicted octanol–water partition coefficient (Wildman–Crippen LogP) is 3.10. The molecule has 4 N–H and O–H groups in total. The van der Waals surface area contributed by atoms with Gasteiger partial charge in [0.2, 0.25) is 0 Å². The van der Waals surface area contributed by atoms with Gasteiger partial charge in [0.25, 0.3) is 0 Å². The van der Waals surface area contributed by atoms with Crippen LogP contribution in [0.1, 0.15) is 44.7 Å². The SMILES string of the molecule is CCCC[C@@H](O)[C@@H](N)c1cc(Br)c(O)c(OCC)c1. The molecule has 0 saturated carbocycles. The van der Waals surface area contributed by atoms with E-state index in [1.165, 1.54) is 0 Å². The number of ether oxygens (including phenoxy) is 1. The fourth-order valence-electron chi connectivity index (χ4n) is 1.87. The normalized spacial score (nSPS) is 14.2. The van der Waals surface area contributed by atoms with Gasteiger partial charge in [0, 0.05) is 0 Å². The van der Waals surface area contributed by atoms with Gasteiger partial charge in [-0.1, -0.05) is 19.8 Å². The molecule has 1 aromatic rings. The molecule has 0 aliphatic carbocycles. The van der Waals surface area contributed by atoms with Gasteiger partial charge in [0.05, 0.1) is 23.2 Å². The maximum absolute atomic E-state index is 10.0. The van der Waals surface area contributed by atoms with E-state index in [4.69, 9.17) is 10.5 Å². The fourth-order valence-corrected chi connectivity index (χ4v) is 2.33. The van der Waals surface area contributed by atoms with Crippen molar-refractivity contribution in [2.75, 3.05) is 6.61 Å². The lowest BCUT2D eigenvalue weighted by molar-refractivity contribution is 0.132. The second kappa shape index (κ2) is 7.72. The Morgan fingerprint density at radius 3 is 2.63 bits per heavy atom. The van der Waals surface area contributed by atoms with Crippen LogP contribution in [-0.4, -0.2) is 22.9 Å². The second-order valence-corrected chi connectivity index (χ2v) is 5.37. The summed E-state index contributed by atoms with van der Waals surface area (Å²) in [4.78, 5) is 0. The Kier molecular flexibility index (Phi) is 6.62. The minimum Gasteiger partial charge on any atom is -0.503 e. The Balaban J connectivity index is 2.93. The molecule has 0 aromatic heterocycles. The number of benzene rings is 1. The molecule has 0 heterocycles. The zero-order valence-corrected chi connectivity index (χ0v) is 13.0. The quantitative estimate of drug-likeness (QED) is 0.717. The summed E-state index contributed by atoms with van der Waals surface area (Å²) in [5.41, 5.74) is 6.80. The molecule has 1 rings (SSSR count). The molecule has 0 amide bonds. The summed E-state index contributed by atoms with van der Waals surface area (Å²) in [5.74, 6) is 0.436. The van der Waals surface area contributed by atoms with Crippen LogP contribution < -0.4 is 10.5 Å². The molecule has 0 radical (unpaired) electrons. The summed E-state index contributed by atoms with van der Waals surface area (Å²) in [5, 5.41) is 19.9. The Labute approximate surface area is 122 Å². The Hall–Kier alpha value is -0.780. The third-order valence-electron chi connectivity index (χ3n) is 3.00. The average molecular weight is 332 g/mol. The molecule has 0 aliphatic heterocycles. The lowest BCUT2D eigenvalue weighted by Gasteiger charge is -2.20. The monoisotopic (exact) mass is 331 g/mol. The number of hydrogen-bond acceptors (Lipinski definition) is 4. The van der Waals surface area contributed by atoms with E-state index >= 15 is 0 Å². The molecule has 19 heavy (non-hydrogen) atoms. The first-order valence-corrected chi connectivity index (χ1v) is 7.39. The number of unbranched alkanes of at least 4 members (excludes halogenated alkanes) is 1. The smallest absolute Gasteiger partial charge is 0.172 e. The van der Waals surface area contributed by atoms with Crippen LogP contribution in [0.2, 0.25) is 0 Å². The van der Waals surface area contributed by atoms with Crippen molar-refractivity contribution in [2.45, 2.75) is 45.3 Å². The topological polar surface area (TPSA) is 75.7 Å². The Morgan fingerprint density at radius 2 is 2.05 bits per heavy atom. The van der Waals surface area contributed by atoms with Crippen LogP contribution in [0.3, 0.4) is 0 Å². The van der Waals surface area contributed by atoms with Gasteiger partial charge in [-0.25, -0.2) is 0 Å². The minimum atomic E-state index is -0.592. The van der Waals surface area contributed by atoms with E-state index in [9.17, 15) is 10.2 Å². The standard InChI is InChI=1S/C14H22BrNO3/c1-3-5-6-11(17)13(16)9-7-10(15)14(18)12(8-9)19-4-2/h7-8,11,13,17-18H,3-6,16H2,1-2H3/t11-,13+/m1/s1. The van der Waals surface area contributed by atoms with Gasteiger partial charge in [-0.2, -0.15) is 0 Å². The van der Waals surface area contributed by atoms with Crippen molar-refractivity contribution in [1.82, 2.24) is 0 Å². The largest absolute Gasteiger partial charge is 0.503 e. The van der Waals surface area contributed by atoms with Gasteiger partial charge in [-0.15, -0.1) is 0 Å². The number of nitrogens with two attached hydrogens (primary N) is 1. The molecule has 0 unspecified atom stereocenters. The first-order valence-electron chi connectivity index (χ1n) is 6.60. The van der Waals surface area contributed by atoms with Gasteiger partial charge < -0.3 is 20.7 Å². The molecule has 4 nitrogen and oxygen atoms in total. The van der Waals surface area contributed by atoms with E-state index < -0.39 is 12.1 Å². The van der Waals surface area contributed by atoms with Crippen LogP contribution in [-0.2, 0) is 0 Å². The molecule has 0 fully saturated rings. The number of aliphatic hydroxyl groups excluding tert-OH is 1. The van der Waals surface area contributed by atoms with E-state index in [2.05, 4.69) is 22.9 Å². The first-order chi connectivity index (χ1) is 9.01. The molecular weight excluding hydrogens is 310 g/mol. The highest BCUT2D eigenvalue weighted by molar-refractivity contribution is 9.10. The molecule has 0 saturated heterocycles. The number of halogens is 1. The number of hydrogen-bond donors (Lipinski definition) is 3. The van der Waals surface area contributed by atoms with Gasteiger partial charge in [0.15, 0.2) is 11.5 Å². The van der Waals surface area contributed by atoms with Crippen LogP contribution in [0, 0.1) is 0 Å². The number of aromatic hydroxyl groups is 1. The number of aliphatic hydroxyl groups is 1. The molecular formula is C14H22BrNO3. The van der Waals surface area contributed by atoms with Crippen molar-refractivity contribution in [3.8, 4) is 11.5 Å². The van der Waals surface area contributed by atoms with E-state index in [1.807, 2.05) is 6.92 Å². The van der Waals surface area contributed by atoms with Crippen molar-refractivity contribution in [3.63, 3.8) is 0 Å². The van der Waals surface area contributed by atoms with Crippen molar-refractivity contribution >= 4 is 15.9 Å². The summed E-state index contributed by atoms with van der Waals surface area (Å²) in [7, 11) is 0. The summed E-state index contributed by atoms with van der Waals surface area (Å²) in [6.07, 6.45) is 2.03. The molecule has 0 bridgehead atoms. The highest BCUT2D eigenvalue weighted by Crippen LogP contribution is 2.37. The van der Waals surface area contributed by atoms with Crippen LogP contribution >= 0.6 is 15.9 Å². The summed E-state index contributed by atoms with van der Waals surface area (Å²) < 4.78 is 5.87. The van der Waals surface area contributed by atoms with Gasteiger partial charge in [-0.3, -0.25) is 0 Å². The predicted molar refractivity (Wildman–Crippen MR) is 79.4 cm³/mol. The van der Waals surface area contributed by atoms with Crippen LogP contribution in [0.5, 0.6) is 11.5 Å². The third-order valence-corrected chi connectivity index (χ3v) is 3.61. The molecule has 0 aliphatic rings. The Morgan fingerprint density at radius 1 is 1.37 bits per heavy atom. The fraction of sp³-hybridized carbons (Fsp3) is 0.571. The highest BCUT2D eigenvalue weighted by atomic mass is 79.9. The zero-order chi connectivity index (χ0) is 14.4. The van der Waals surface area contributed by atoms with E-state index in [0.29, 0.717) is 23.2 Å². The van der Waals surface area contributed by atoms with Gasteiger partial charge in [-0.05, 0) is 47.0 Å². The maximum Gasteiger partial charge on any atom is 0.172 e. The maximum atomic E-state index is 10.0. The number of phenols is 1. The summed E-state index contributed by atoms with van der Waals surface area (Å²) in [6.45, 7) is 4.37. The van der Waals surface area contributed by atoms with Crippen molar-refractivity contribution < 1.29 is 14.9 Å². The van der Waals surface area contributed by atoms with Gasteiger partial charge >= 0.3 is 0 Å². The lowest BCUT2D eigenvalue weighted by atomic mass is 9.98.